The monoisotopic (exact) mass is 798 g/mol. The molecule has 1 amide bonds. The number of nitrogens with one attached hydrogen (secondary N) is 1. The molecule has 2 saturated heterocycles. The number of amides is 1. The lowest BCUT2D eigenvalue weighted by Crippen LogP contribution is -2.38. The topological polar surface area (TPSA) is 192 Å². The van der Waals surface area contributed by atoms with E-state index in [1.807, 2.05) is 35.2 Å². The Labute approximate surface area is 302 Å². The number of carboxylic acid groups (broad SMARTS) is 1. The van der Waals surface area contributed by atoms with Crippen LogP contribution in [0, 0.1) is 0 Å². The molecule has 0 spiro atoms. The number of aromatic carboxylic acids is 1. The molecule has 2 aromatic heterocycles. The summed E-state index contributed by atoms with van der Waals surface area (Å²) in [7, 11) is 3.01. The van der Waals surface area contributed by atoms with E-state index in [0.717, 1.165) is 59.1 Å². The molecule has 15 heteroatoms. The molecule has 0 aliphatic carbocycles. The summed E-state index contributed by atoms with van der Waals surface area (Å²) in [5, 5.41) is 28.1. The fourth-order valence-corrected chi connectivity index (χ4v) is 6.17. The van der Waals surface area contributed by atoms with E-state index in [1.54, 1.807) is 31.4 Å². The van der Waals surface area contributed by atoms with Crippen molar-refractivity contribution in [2.45, 2.75) is 37.5 Å². The highest BCUT2D eigenvalue weighted by Crippen LogP contribution is 2.30. The van der Waals surface area contributed by atoms with Gasteiger partial charge in [0.1, 0.15) is 28.7 Å². The van der Waals surface area contributed by atoms with Gasteiger partial charge < -0.3 is 36.3 Å². The third kappa shape index (κ3) is 10.8. The molecule has 260 valence electrons. The average molecular weight is 801 g/mol. The maximum Gasteiger partial charge on any atom is 0.339 e. The molecule has 6 rings (SSSR count). The molecule has 2 aromatic carbocycles. The van der Waals surface area contributed by atoms with Crippen molar-refractivity contribution in [2.75, 3.05) is 51.9 Å². The van der Waals surface area contributed by atoms with Crippen LogP contribution in [0.4, 0.5) is 11.6 Å². The smallest absolute Gasteiger partial charge is 0.339 e. The zero-order valence-electron chi connectivity index (χ0n) is 27.3. The summed E-state index contributed by atoms with van der Waals surface area (Å²) in [5.74, 6) is 1.76. The molecule has 2 aliphatic rings. The first-order chi connectivity index (χ1) is 23.6. The number of piperidine rings is 2. The number of nitrogen functional groups attached to an aromatic ring is 2. The first kappa shape index (κ1) is 37.5. The molecular formula is C34H40Br2N8O5. The van der Waals surface area contributed by atoms with Gasteiger partial charge in [-0.3, -0.25) is 4.79 Å². The molecule has 2 fully saturated rings. The SMILES string of the molecule is COc1cc(Br)ccc1C(=O)N1CCC(c2ccc(N)nn2)CC1.COc1cc(Br)ccc1C(=O)O.Nc1ccc(C2CCNCC2)nn1. The average Bonchev–Trinajstić information content (AvgIpc) is 3.12. The summed E-state index contributed by atoms with van der Waals surface area (Å²) in [6.07, 6.45) is 4.03. The van der Waals surface area contributed by atoms with Gasteiger partial charge in [-0.2, -0.15) is 10.2 Å². The molecule has 0 radical (unpaired) electrons. The number of carbonyl (C=O) groups excluding carboxylic acids is 1. The predicted octanol–water partition coefficient (Wildman–Crippen LogP) is 5.53. The number of likely N-dealkylation sites (tertiary alicyclic amines) is 1. The number of hydrogen-bond donors (Lipinski definition) is 4. The molecular weight excluding hydrogens is 760 g/mol. The predicted molar refractivity (Wildman–Crippen MR) is 194 cm³/mol. The summed E-state index contributed by atoms with van der Waals surface area (Å²) in [4.78, 5) is 25.2. The molecule has 49 heavy (non-hydrogen) atoms. The molecule has 0 bridgehead atoms. The van der Waals surface area contributed by atoms with Crippen molar-refractivity contribution in [2.24, 2.45) is 0 Å². The van der Waals surface area contributed by atoms with Gasteiger partial charge in [0.15, 0.2) is 0 Å². The van der Waals surface area contributed by atoms with Crippen molar-refractivity contribution in [1.29, 1.82) is 0 Å². The first-order valence-corrected chi connectivity index (χ1v) is 17.3. The van der Waals surface area contributed by atoms with Crippen LogP contribution in [0.15, 0.2) is 69.6 Å². The lowest BCUT2D eigenvalue weighted by molar-refractivity contribution is 0.0689. The molecule has 6 N–H and O–H groups in total. The number of hydrogen-bond acceptors (Lipinski definition) is 11. The Hall–Kier alpha value is -4.34. The molecule has 4 heterocycles. The molecule has 0 atom stereocenters. The highest BCUT2D eigenvalue weighted by molar-refractivity contribution is 9.10. The van der Waals surface area contributed by atoms with Crippen molar-refractivity contribution < 1.29 is 24.2 Å². The fourth-order valence-electron chi connectivity index (χ4n) is 5.49. The van der Waals surface area contributed by atoms with E-state index in [-0.39, 0.29) is 11.5 Å². The Bertz CT molecular complexity index is 1680. The van der Waals surface area contributed by atoms with Gasteiger partial charge in [-0.1, -0.05) is 31.9 Å². The Morgan fingerprint density at radius 1 is 0.735 bits per heavy atom. The zero-order valence-corrected chi connectivity index (χ0v) is 30.5. The van der Waals surface area contributed by atoms with Gasteiger partial charge >= 0.3 is 5.97 Å². The van der Waals surface area contributed by atoms with Crippen LogP contribution in [0.2, 0.25) is 0 Å². The van der Waals surface area contributed by atoms with Crippen LogP contribution >= 0.6 is 31.9 Å². The quantitative estimate of drug-likeness (QED) is 0.191. The summed E-state index contributed by atoms with van der Waals surface area (Å²) in [5.41, 5.74) is 13.8. The summed E-state index contributed by atoms with van der Waals surface area (Å²) >= 11 is 6.61. The number of aromatic nitrogens is 4. The summed E-state index contributed by atoms with van der Waals surface area (Å²) in [6, 6.07) is 17.7. The summed E-state index contributed by atoms with van der Waals surface area (Å²) < 4.78 is 11.9. The fraction of sp³-hybridized carbons (Fsp3) is 0.353. The normalized spacial score (nSPS) is 14.8. The third-order valence-corrected chi connectivity index (χ3v) is 9.14. The van der Waals surface area contributed by atoms with E-state index >= 15 is 0 Å². The first-order valence-electron chi connectivity index (χ1n) is 15.7. The molecule has 2 aliphatic heterocycles. The second-order valence-corrected chi connectivity index (χ2v) is 13.2. The van der Waals surface area contributed by atoms with E-state index in [2.05, 4.69) is 57.6 Å². The molecule has 4 aromatic rings. The van der Waals surface area contributed by atoms with Crippen molar-refractivity contribution >= 4 is 55.4 Å². The zero-order chi connectivity index (χ0) is 35.3. The van der Waals surface area contributed by atoms with Gasteiger partial charge in [0, 0.05) is 33.9 Å². The van der Waals surface area contributed by atoms with Gasteiger partial charge in [0.2, 0.25) is 0 Å². The number of benzene rings is 2. The number of ether oxygens (including phenoxy) is 2. The maximum absolute atomic E-state index is 12.8. The van der Waals surface area contributed by atoms with Crippen molar-refractivity contribution in [3.05, 3.63) is 92.1 Å². The van der Waals surface area contributed by atoms with E-state index in [9.17, 15) is 9.59 Å². The third-order valence-electron chi connectivity index (χ3n) is 8.16. The standard InChI is InChI=1S/C17H19BrN4O2.C9H14N4.C8H7BrO3/c1-24-15-10-12(18)2-3-13(15)17(23)22-8-6-11(7-9-22)14-4-5-16(19)21-20-14;10-9-2-1-8(12-13-9)7-3-5-11-6-4-7;1-12-7-4-5(9)2-3-6(7)8(10)11/h2-5,10-11H,6-9H2,1H3,(H2,19,21);1-2,7,11H,3-6H2,(H2,10,13);2-4H,1H3,(H,10,11). The van der Waals surface area contributed by atoms with Gasteiger partial charge in [-0.05, 0) is 99.4 Å². The lowest BCUT2D eigenvalue weighted by Gasteiger charge is -2.32. The van der Waals surface area contributed by atoms with Crippen molar-refractivity contribution in [1.82, 2.24) is 30.6 Å². The van der Waals surface area contributed by atoms with Crippen LogP contribution in [-0.2, 0) is 0 Å². The number of anilines is 2. The van der Waals surface area contributed by atoms with Gasteiger partial charge in [-0.15, -0.1) is 10.2 Å². The van der Waals surface area contributed by atoms with E-state index in [1.165, 1.54) is 13.2 Å². The van der Waals surface area contributed by atoms with Crippen LogP contribution in [-0.4, -0.2) is 82.7 Å². The minimum atomic E-state index is -0.987. The summed E-state index contributed by atoms with van der Waals surface area (Å²) in [6.45, 7) is 3.54. The highest BCUT2D eigenvalue weighted by atomic mass is 79.9. The van der Waals surface area contributed by atoms with Crippen LogP contribution < -0.4 is 26.3 Å². The maximum atomic E-state index is 12.8. The van der Waals surface area contributed by atoms with Crippen LogP contribution in [0.25, 0.3) is 0 Å². The Kier molecular flexibility index (Phi) is 14.1. The Balaban J connectivity index is 0.000000182. The van der Waals surface area contributed by atoms with E-state index < -0.39 is 5.97 Å². The second-order valence-electron chi connectivity index (χ2n) is 11.4. The van der Waals surface area contributed by atoms with Crippen LogP contribution in [0.3, 0.4) is 0 Å². The van der Waals surface area contributed by atoms with Crippen LogP contribution in [0.5, 0.6) is 11.5 Å². The van der Waals surface area contributed by atoms with Gasteiger partial charge in [0.05, 0.1) is 31.2 Å². The largest absolute Gasteiger partial charge is 0.496 e. The van der Waals surface area contributed by atoms with Gasteiger partial charge in [-0.25, -0.2) is 4.79 Å². The second kappa shape index (κ2) is 18.4. The van der Waals surface area contributed by atoms with Gasteiger partial charge in [0.25, 0.3) is 5.91 Å². The molecule has 0 saturated carbocycles. The van der Waals surface area contributed by atoms with E-state index in [0.29, 0.717) is 53.6 Å². The van der Waals surface area contributed by atoms with E-state index in [4.69, 9.17) is 26.0 Å². The minimum Gasteiger partial charge on any atom is -0.496 e. The minimum absolute atomic E-state index is 0.00110. The van der Waals surface area contributed by atoms with Crippen molar-refractivity contribution in [3.63, 3.8) is 0 Å². The number of rotatable bonds is 6. The molecule has 0 unspecified atom stereocenters. The van der Waals surface area contributed by atoms with Crippen LogP contribution in [0.1, 0.15) is 69.6 Å². The number of carboxylic acids is 1. The number of nitrogens with two attached hydrogens (primary N) is 2. The number of halogens is 2. The number of nitrogens with zero attached hydrogens (tertiary/aromatic N) is 5. The Morgan fingerprint density at radius 2 is 1.20 bits per heavy atom. The Morgan fingerprint density at radius 3 is 1.65 bits per heavy atom. The number of carbonyl (C=O) groups is 2. The van der Waals surface area contributed by atoms with Crippen molar-refractivity contribution in [3.8, 4) is 11.5 Å². The number of methoxy groups -OCH3 is 2. The highest BCUT2D eigenvalue weighted by Gasteiger charge is 2.27. The lowest BCUT2D eigenvalue weighted by atomic mass is 9.93. The molecule has 13 nitrogen and oxygen atoms in total.